The molecule has 2 saturated heterocycles. The number of amides is 2. The highest BCUT2D eigenvalue weighted by Crippen LogP contribution is 2.40. The van der Waals surface area contributed by atoms with E-state index in [-0.39, 0.29) is 23.5 Å². The third kappa shape index (κ3) is 4.53. The highest BCUT2D eigenvalue weighted by atomic mass is 16.5. The predicted molar refractivity (Wildman–Crippen MR) is 122 cm³/mol. The van der Waals surface area contributed by atoms with Gasteiger partial charge < -0.3 is 19.4 Å². The number of nitrogens with zero attached hydrogens (tertiary/aromatic N) is 3. The van der Waals surface area contributed by atoms with Gasteiger partial charge in [-0.25, -0.2) is 0 Å². The maximum absolute atomic E-state index is 13.1. The van der Waals surface area contributed by atoms with Crippen LogP contribution in [0.2, 0.25) is 0 Å². The number of benzene rings is 1. The number of hydrogen-bond donors (Lipinski definition) is 0. The number of rotatable bonds is 5. The average Bonchev–Trinajstić information content (AvgIpc) is 3.10. The van der Waals surface area contributed by atoms with E-state index in [0.717, 1.165) is 24.1 Å². The summed E-state index contributed by atoms with van der Waals surface area (Å²) in [6.45, 7) is 7.33. The largest absolute Gasteiger partial charge is 0.486 e. The Balaban J connectivity index is 1.35. The van der Waals surface area contributed by atoms with Crippen LogP contribution >= 0.6 is 0 Å². The number of carbonyl (C=O) groups excluding carboxylic acids is 3. The number of ether oxygens (including phenoxy) is 1. The second-order valence-electron chi connectivity index (χ2n) is 10.0. The molecule has 1 unspecified atom stereocenters. The van der Waals surface area contributed by atoms with Gasteiger partial charge in [0.1, 0.15) is 11.4 Å². The number of piperidine rings is 1. The van der Waals surface area contributed by atoms with Crippen LogP contribution in [0.4, 0.5) is 0 Å². The van der Waals surface area contributed by atoms with Crippen LogP contribution < -0.4 is 4.74 Å². The first kappa shape index (κ1) is 22.8. The van der Waals surface area contributed by atoms with Gasteiger partial charge in [-0.1, -0.05) is 0 Å². The van der Waals surface area contributed by atoms with Gasteiger partial charge in [0, 0.05) is 45.4 Å². The van der Waals surface area contributed by atoms with Crippen molar-refractivity contribution >= 4 is 17.6 Å². The molecule has 3 aliphatic heterocycles. The lowest BCUT2D eigenvalue weighted by molar-refractivity contribution is -0.139. The molecule has 0 saturated carbocycles. The summed E-state index contributed by atoms with van der Waals surface area (Å²) < 4.78 is 6.39. The van der Waals surface area contributed by atoms with Gasteiger partial charge in [0.05, 0.1) is 17.9 Å². The van der Waals surface area contributed by atoms with Crippen molar-refractivity contribution in [3.05, 3.63) is 28.8 Å². The van der Waals surface area contributed by atoms with Crippen molar-refractivity contribution in [2.24, 2.45) is 5.92 Å². The van der Waals surface area contributed by atoms with Crippen LogP contribution in [-0.2, 0) is 9.59 Å². The number of likely N-dealkylation sites (tertiary alicyclic amines) is 2. The van der Waals surface area contributed by atoms with Crippen molar-refractivity contribution in [1.82, 2.24) is 14.7 Å². The molecule has 1 aromatic carbocycles. The molecule has 1 aromatic rings. The molecule has 0 N–H and O–H groups in total. The fraction of sp³-hybridized carbons (Fsp3) is 0.640. The highest BCUT2D eigenvalue weighted by Gasteiger charge is 2.45. The topological polar surface area (TPSA) is 70.2 Å². The number of Topliss-reactive ketones (excluding diaryl/α,β-unsaturated/α-hetero) is 1. The molecule has 7 nitrogen and oxygen atoms in total. The summed E-state index contributed by atoms with van der Waals surface area (Å²) in [5.41, 5.74) is 2.36. The van der Waals surface area contributed by atoms with Crippen LogP contribution in [0.3, 0.4) is 0 Å². The van der Waals surface area contributed by atoms with Crippen LogP contribution in [-0.4, -0.2) is 84.7 Å². The summed E-state index contributed by atoms with van der Waals surface area (Å²) in [5.74, 6) is 0.704. The van der Waals surface area contributed by atoms with E-state index in [1.807, 2.05) is 49.9 Å². The van der Waals surface area contributed by atoms with Crippen LogP contribution in [0.15, 0.2) is 12.1 Å². The molecule has 0 bridgehead atoms. The summed E-state index contributed by atoms with van der Waals surface area (Å²) in [5, 5.41) is 0. The molecule has 1 atom stereocenters. The van der Waals surface area contributed by atoms with Crippen LogP contribution in [0.25, 0.3) is 0 Å². The van der Waals surface area contributed by atoms with Crippen LogP contribution in [0, 0.1) is 19.8 Å². The maximum atomic E-state index is 13.1. The SMILES string of the molecule is Cc1cc2c(cc1C)C(=O)CC1(CCN(C(=O)C3CC(=O)N(CCCN(C)C)C3)CC1)O2. The number of fused-ring (bicyclic) bond motifs is 1. The van der Waals surface area contributed by atoms with Crippen LogP contribution in [0.1, 0.15) is 53.6 Å². The van der Waals surface area contributed by atoms with E-state index >= 15 is 0 Å². The molecule has 174 valence electrons. The van der Waals surface area contributed by atoms with Crippen molar-refractivity contribution in [1.29, 1.82) is 0 Å². The first-order chi connectivity index (χ1) is 15.2. The minimum Gasteiger partial charge on any atom is -0.486 e. The third-order valence-electron chi connectivity index (χ3n) is 7.29. The van der Waals surface area contributed by atoms with Gasteiger partial charge in [0.2, 0.25) is 11.8 Å². The zero-order valence-electron chi connectivity index (χ0n) is 19.8. The monoisotopic (exact) mass is 441 g/mol. The summed E-state index contributed by atoms with van der Waals surface area (Å²) in [7, 11) is 4.04. The molecule has 3 heterocycles. The zero-order chi connectivity index (χ0) is 23.0. The van der Waals surface area contributed by atoms with E-state index in [2.05, 4.69) is 4.90 Å². The molecule has 32 heavy (non-hydrogen) atoms. The Morgan fingerprint density at radius 1 is 1.16 bits per heavy atom. The summed E-state index contributed by atoms with van der Waals surface area (Å²) in [6, 6.07) is 3.90. The van der Waals surface area contributed by atoms with Gasteiger partial charge in [-0.2, -0.15) is 0 Å². The first-order valence-electron chi connectivity index (χ1n) is 11.7. The molecule has 1 spiro atoms. The van der Waals surface area contributed by atoms with E-state index < -0.39 is 5.60 Å². The minimum absolute atomic E-state index is 0.0670. The molecule has 0 aliphatic carbocycles. The lowest BCUT2D eigenvalue weighted by atomic mass is 9.81. The van der Waals surface area contributed by atoms with Crippen molar-refractivity contribution < 1.29 is 19.1 Å². The predicted octanol–water partition coefficient (Wildman–Crippen LogP) is 2.43. The third-order valence-corrected chi connectivity index (χ3v) is 7.29. The Morgan fingerprint density at radius 3 is 2.53 bits per heavy atom. The summed E-state index contributed by atoms with van der Waals surface area (Å²) in [6.07, 6.45) is 2.88. The molecule has 2 amide bonds. The Hall–Kier alpha value is -2.41. The quantitative estimate of drug-likeness (QED) is 0.702. The Kier molecular flexibility index (Phi) is 6.30. The highest BCUT2D eigenvalue weighted by molar-refractivity contribution is 6.00. The van der Waals surface area contributed by atoms with Crippen LogP contribution in [0.5, 0.6) is 5.75 Å². The lowest BCUT2D eigenvalue weighted by Gasteiger charge is -2.44. The smallest absolute Gasteiger partial charge is 0.227 e. The zero-order valence-corrected chi connectivity index (χ0v) is 19.8. The second kappa shape index (κ2) is 8.85. The molecular formula is C25H35N3O4. The maximum Gasteiger partial charge on any atom is 0.227 e. The standard InChI is InChI=1S/C25H35N3O4/c1-17-12-20-21(29)15-25(32-22(20)13-18(17)2)6-10-27(11-7-25)24(31)19-14-23(30)28(16-19)9-5-8-26(3)4/h12-13,19H,5-11,14-16H2,1-4H3. The number of aryl methyl sites for hydroxylation is 2. The molecule has 2 fully saturated rings. The fourth-order valence-electron chi connectivity index (χ4n) is 5.15. The molecule has 7 heteroatoms. The molecular weight excluding hydrogens is 406 g/mol. The molecule has 4 rings (SSSR count). The Bertz CT molecular complexity index is 918. The van der Waals surface area contributed by atoms with Crippen molar-refractivity contribution in [3.8, 4) is 5.75 Å². The van der Waals surface area contributed by atoms with Crippen molar-refractivity contribution in [2.75, 3.05) is 46.8 Å². The summed E-state index contributed by atoms with van der Waals surface area (Å²) >= 11 is 0. The lowest BCUT2D eigenvalue weighted by Crippen LogP contribution is -2.53. The molecule has 3 aliphatic rings. The molecule has 0 aromatic heterocycles. The number of hydrogen-bond acceptors (Lipinski definition) is 5. The fourth-order valence-corrected chi connectivity index (χ4v) is 5.15. The van der Waals surface area contributed by atoms with Crippen molar-refractivity contribution in [2.45, 2.75) is 51.6 Å². The molecule has 0 radical (unpaired) electrons. The average molecular weight is 442 g/mol. The van der Waals surface area contributed by atoms with E-state index in [1.165, 1.54) is 0 Å². The van der Waals surface area contributed by atoms with E-state index in [1.54, 1.807) is 0 Å². The number of ketones is 1. The van der Waals surface area contributed by atoms with Gasteiger partial charge in [0.25, 0.3) is 0 Å². The second-order valence-corrected chi connectivity index (χ2v) is 10.0. The van der Waals surface area contributed by atoms with Gasteiger partial charge in [-0.05, 0) is 64.2 Å². The van der Waals surface area contributed by atoms with E-state index in [0.29, 0.717) is 63.2 Å². The van der Waals surface area contributed by atoms with E-state index in [9.17, 15) is 14.4 Å². The summed E-state index contributed by atoms with van der Waals surface area (Å²) in [4.78, 5) is 44.1. The van der Waals surface area contributed by atoms with Gasteiger partial charge in [-0.3, -0.25) is 14.4 Å². The van der Waals surface area contributed by atoms with Gasteiger partial charge in [-0.15, -0.1) is 0 Å². The first-order valence-corrected chi connectivity index (χ1v) is 11.7. The van der Waals surface area contributed by atoms with Crippen molar-refractivity contribution in [3.63, 3.8) is 0 Å². The van der Waals surface area contributed by atoms with Gasteiger partial charge in [0.15, 0.2) is 5.78 Å². The number of carbonyl (C=O) groups is 3. The van der Waals surface area contributed by atoms with E-state index in [4.69, 9.17) is 4.74 Å². The van der Waals surface area contributed by atoms with Gasteiger partial charge >= 0.3 is 0 Å². The Morgan fingerprint density at radius 2 is 1.84 bits per heavy atom. The Labute approximate surface area is 190 Å². The minimum atomic E-state index is -0.522. The normalized spacial score (nSPS) is 22.5.